The Balaban J connectivity index is 2.80. The van der Waals surface area contributed by atoms with Crippen LogP contribution < -0.4 is 10.5 Å². The Morgan fingerprint density at radius 2 is 1.86 bits per heavy atom. The Bertz CT molecular complexity index is 307. The molecular formula is C12H19NO. The first kappa shape index (κ1) is 10.9. The SMILES string of the molecule is Cc1ccc(N)c(OC(C)C(C)C)c1. The minimum atomic E-state index is 0.194. The Labute approximate surface area is 86.1 Å². The second-order valence-corrected chi connectivity index (χ2v) is 4.11. The summed E-state index contributed by atoms with van der Waals surface area (Å²) in [6.07, 6.45) is 0.194. The van der Waals surface area contributed by atoms with Gasteiger partial charge in [-0.3, -0.25) is 0 Å². The van der Waals surface area contributed by atoms with Crippen molar-refractivity contribution in [1.82, 2.24) is 0 Å². The largest absolute Gasteiger partial charge is 0.488 e. The molecule has 1 rings (SSSR count). The molecule has 1 unspecified atom stereocenters. The lowest BCUT2D eigenvalue weighted by Gasteiger charge is -2.19. The predicted molar refractivity (Wildman–Crippen MR) is 60.5 cm³/mol. The molecule has 1 aromatic rings. The molecule has 0 aliphatic rings. The predicted octanol–water partition coefficient (Wildman–Crippen LogP) is 3.00. The van der Waals surface area contributed by atoms with Crippen molar-refractivity contribution < 1.29 is 4.74 Å². The Hall–Kier alpha value is -1.18. The summed E-state index contributed by atoms with van der Waals surface area (Å²) < 4.78 is 5.76. The van der Waals surface area contributed by atoms with E-state index in [2.05, 4.69) is 20.8 Å². The molecule has 14 heavy (non-hydrogen) atoms. The van der Waals surface area contributed by atoms with Gasteiger partial charge in [0.2, 0.25) is 0 Å². The van der Waals surface area contributed by atoms with E-state index in [0.717, 1.165) is 5.75 Å². The summed E-state index contributed by atoms with van der Waals surface area (Å²) >= 11 is 0. The molecule has 0 bridgehead atoms. The third-order valence-corrected chi connectivity index (χ3v) is 2.42. The van der Waals surface area contributed by atoms with Crippen LogP contribution in [0.4, 0.5) is 5.69 Å². The lowest BCUT2D eigenvalue weighted by molar-refractivity contribution is 0.171. The Kier molecular flexibility index (Phi) is 3.39. The highest BCUT2D eigenvalue weighted by atomic mass is 16.5. The van der Waals surface area contributed by atoms with Crippen molar-refractivity contribution in [3.63, 3.8) is 0 Å². The van der Waals surface area contributed by atoms with Crippen LogP contribution >= 0.6 is 0 Å². The molecule has 2 heteroatoms. The zero-order valence-electron chi connectivity index (χ0n) is 9.37. The van der Waals surface area contributed by atoms with E-state index in [4.69, 9.17) is 10.5 Å². The second-order valence-electron chi connectivity index (χ2n) is 4.11. The summed E-state index contributed by atoms with van der Waals surface area (Å²) in [6, 6.07) is 5.86. The van der Waals surface area contributed by atoms with E-state index in [1.54, 1.807) is 0 Å². The van der Waals surface area contributed by atoms with Crippen LogP contribution in [0.2, 0.25) is 0 Å². The maximum Gasteiger partial charge on any atom is 0.142 e. The van der Waals surface area contributed by atoms with Gasteiger partial charge >= 0.3 is 0 Å². The van der Waals surface area contributed by atoms with Crippen LogP contribution in [0.5, 0.6) is 5.75 Å². The van der Waals surface area contributed by atoms with Crippen LogP contribution in [0.25, 0.3) is 0 Å². The number of hydrogen-bond acceptors (Lipinski definition) is 2. The summed E-state index contributed by atoms with van der Waals surface area (Å²) in [6.45, 7) is 8.37. The third-order valence-electron chi connectivity index (χ3n) is 2.42. The van der Waals surface area contributed by atoms with Gasteiger partial charge in [0.05, 0.1) is 11.8 Å². The van der Waals surface area contributed by atoms with Gasteiger partial charge in [0.15, 0.2) is 0 Å². The van der Waals surface area contributed by atoms with E-state index >= 15 is 0 Å². The first-order valence-electron chi connectivity index (χ1n) is 5.03. The lowest BCUT2D eigenvalue weighted by Crippen LogP contribution is -2.19. The van der Waals surface area contributed by atoms with Crippen LogP contribution in [0.3, 0.4) is 0 Å². The first-order valence-corrected chi connectivity index (χ1v) is 5.03. The van der Waals surface area contributed by atoms with E-state index in [1.165, 1.54) is 5.56 Å². The fourth-order valence-corrected chi connectivity index (χ4v) is 1.08. The quantitative estimate of drug-likeness (QED) is 0.749. The van der Waals surface area contributed by atoms with Crippen LogP contribution in [0, 0.1) is 12.8 Å². The summed E-state index contributed by atoms with van der Waals surface area (Å²) in [4.78, 5) is 0. The topological polar surface area (TPSA) is 35.2 Å². The Morgan fingerprint density at radius 1 is 1.21 bits per heavy atom. The van der Waals surface area contributed by atoms with Crippen LogP contribution in [-0.4, -0.2) is 6.10 Å². The van der Waals surface area contributed by atoms with Crippen LogP contribution in [-0.2, 0) is 0 Å². The number of aryl methyl sites for hydroxylation is 1. The lowest BCUT2D eigenvalue weighted by atomic mass is 10.1. The van der Waals surface area contributed by atoms with Crippen molar-refractivity contribution in [3.05, 3.63) is 23.8 Å². The molecule has 78 valence electrons. The zero-order valence-corrected chi connectivity index (χ0v) is 9.37. The maximum absolute atomic E-state index is 5.81. The first-order chi connectivity index (χ1) is 6.50. The van der Waals surface area contributed by atoms with Gasteiger partial charge in [-0.25, -0.2) is 0 Å². The number of rotatable bonds is 3. The molecule has 0 amide bonds. The highest BCUT2D eigenvalue weighted by Crippen LogP contribution is 2.24. The number of anilines is 1. The van der Waals surface area contributed by atoms with Crippen molar-refractivity contribution in [2.75, 3.05) is 5.73 Å². The van der Waals surface area contributed by atoms with Crippen molar-refractivity contribution in [2.45, 2.75) is 33.8 Å². The van der Waals surface area contributed by atoms with Gasteiger partial charge < -0.3 is 10.5 Å². The van der Waals surface area contributed by atoms with Gasteiger partial charge in [0.1, 0.15) is 5.75 Å². The van der Waals surface area contributed by atoms with Crippen molar-refractivity contribution in [3.8, 4) is 5.75 Å². The van der Waals surface area contributed by atoms with Gasteiger partial charge in [0.25, 0.3) is 0 Å². The standard InChI is InChI=1S/C12H19NO/c1-8(2)10(4)14-12-7-9(3)5-6-11(12)13/h5-8,10H,13H2,1-4H3. The molecule has 0 aliphatic heterocycles. The van der Waals surface area contributed by atoms with Gasteiger partial charge in [-0.15, -0.1) is 0 Å². The molecule has 2 nitrogen and oxygen atoms in total. The van der Waals surface area contributed by atoms with Crippen molar-refractivity contribution >= 4 is 5.69 Å². The molecule has 0 fully saturated rings. The van der Waals surface area contributed by atoms with Gasteiger partial charge in [-0.05, 0) is 37.5 Å². The Morgan fingerprint density at radius 3 is 2.43 bits per heavy atom. The fourth-order valence-electron chi connectivity index (χ4n) is 1.08. The smallest absolute Gasteiger partial charge is 0.142 e. The third kappa shape index (κ3) is 2.66. The zero-order chi connectivity index (χ0) is 10.7. The molecule has 0 aliphatic carbocycles. The number of nitrogen functional groups attached to an aromatic ring is 1. The highest BCUT2D eigenvalue weighted by molar-refractivity contribution is 5.53. The molecule has 0 saturated carbocycles. The molecule has 0 heterocycles. The average Bonchev–Trinajstić information content (AvgIpc) is 2.11. The van der Waals surface area contributed by atoms with E-state index in [1.807, 2.05) is 25.1 Å². The second kappa shape index (κ2) is 4.36. The van der Waals surface area contributed by atoms with E-state index in [9.17, 15) is 0 Å². The molecule has 0 aromatic heterocycles. The van der Waals surface area contributed by atoms with E-state index in [-0.39, 0.29) is 6.10 Å². The molecule has 1 aromatic carbocycles. The molecular weight excluding hydrogens is 174 g/mol. The molecule has 0 spiro atoms. The van der Waals surface area contributed by atoms with Crippen molar-refractivity contribution in [1.29, 1.82) is 0 Å². The maximum atomic E-state index is 5.81. The van der Waals surface area contributed by atoms with Crippen LogP contribution in [0.1, 0.15) is 26.3 Å². The van der Waals surface area contributed by atoms with Crippen molar-refractivity contribution in [2.24, 2.45) is 5.92 Å². The molecule has 0 saturated heterocycles. The number of nitrogens with two attached hydrogens (primary N) is 1. The summed E-state index contributed by atoms with van der Waals surface area (Å²) in [5, 5.41) is 0. The summed E-state index contributed by atoms with van der Waals surface area (Å²) in [5.74, 6) is 1.29. The average molecular weight is 193 g/mol. The molecule has 0 radical (unpaired) electrons. The van der Waals surface area contributed by atoms with Gasteiger partial charge in [0, 0.05) is 0 Å². The highest BCUT2D eigenvalue weighted by Gasteiger charge is 2.10. The van der Waals surface area contributed by atoms with Gasteiger partial charge in [-0.2, -0.15) is 0 Å². The van der Waals surface area contributed by atoms with E-state index < -0.39 is 0 Å². The monoisotopic (exact) mass is 193 g/mol. The summed E-state index contributed by atoms with van der Waals surface area (Å²) in [7, 11) is 0. The minimum absolute atomic E-state index is 0.194. The van der Waals surface area contributed by atoms with Crippen LogP contribution in [0.15, 0.2) is 18.2 Å². The summed E-state index contributed by atoms with van der Waals surface area (Å²) in [5.41, 5.74) is 7.70. The molecule has 1 atom stereocenters. The number of benzene rings is 1. The number of hydrogen-bond donors (Lipinski definition) is 1. The molecule has 2 N–H and O–H groups in total. The number of ether oxygens (including phenoxy) is 1. The minimum Gasteiger partial charge on any atom is -0.488 e. The van der Waals surface area contributed by atoms with E-state index in [0.29, 0.717) is 11.6 Å². The fraction of sp³-hybridized carbons (Fsp3) is 0.500. The van der Waals surface area contributed by atoms with Gasteiger partial charge in [-0.1, -0.05) is 19.9 Å². The normalized spacial score (nSPS) is 12.9.